The number of carbonyl (C=O) groups is 1. The molecule has 2 N–H and O–H groups in total. The number of furan rings is 1. The summed E-state index contributed by atoms with van der Waals surface area (Å²) in [4.78, 5) is 36.2. The quantitative estimate of drug-likeness (QED) is 0.372. The fraction of sp³-hybridized carbons (Fsp3) is 0.375. The van der Waals surface area contributed by atoms with Crippen molar-refractivity contribution in [1.29, 1.82) is 0 Å². The third-order valence-electron chi connectivity index (χ3n) is 6.43. The molecule has 1 atom stereocenters. The van der Waals surface area contributed by atoms with Gasteiger partial charge in [-0.1, -0.05) is 12.1 Å². The molecule has 186 valence electrons. The first kappa shape index (κ1) is 22.6. The number of piperazine rings is 1. The molecule has 0 spiro atoms. The Morgan fingerprint density at radius 1 is 1.00 bits per heavy atom. The van der Waals surface area contributed by atoms with Crippen molar-refractivity contribution in [3.8, 4) is 5.95 Å². The van der Waals surface area contributed by atoms with E-state index in [-0.39, 0.29) is 12.4 Å². The minimum atomic E-state index is -0.547. The van der Waals surface area contributed by atoms with E-state index in [1.54, 1.807) is 16.7 Å². The third kappa shape index (κ3) is 4.08. The van der Waals surface area contributed by atoms with Gasteiger partial charge < -0.3 is 29.4 Å². The molecule has 6 rings (SSSR count). The number of rotatable bonds is 6. The highest BCUT2D eigenvalue weighted by molar-refractivity contribution is 6.00. The molecular formula is C24H26N8O4. The van der Waals surface area contributed by atoms with Gasteiger partial charge in [0.15, 0.2) is 5.76 Å². The predicted octanol–water partition coefficient (Wildman–Crippen LogP) is 0.794. The SMILES string of the molecule is O=C(c1ccco1)C1CNCCN1c1nc(N2CCOCC2)nc(-n2c(CO)nc3ccccc32)n1. The lowest BCUT2D eigenvalue weighted by Gasteiger charge is -2.35. The monoisotopic (exact) mass is 490 g/mol. The number of aliphatic hydroxyl groups is 1. The van der Waals surface area contributed by atoms with Gasteiger partial charge in [0.05, 0.1) is 30.5 Å². The van der Waals surface area contributed by atoms with Crippen molar-refractivity contribution in [3.05, 3.63) is 54.2 Å². The van der Waals surface area contributed by atoms with Crippen LogP contribution in [0.15, 0.2) is 47.1 Å². The molecule has 0 aliphatic carbocycles. The van der Waals surface area contributed by atoms with Gasteiger partial charge in [0.1, 0.15) is 18.5 Å². The summed E-state index contributed by atoms with van der Waals surface area (Å²) in [6, 6.07) is 10.4. The number of para-hydroxylation sites is 2. The lowest BCUT2D eigenvalue weighted by atomic mass is 10.1. The highest BCUT2D eigenvalue weighted by atomic mass is 16.5. The molecule has 2 aliphatic rings. The van der Waals surface area contributed by atoms with E-state index < -0.39 is 6.04 Å². The molecule has 12 heteroatoms. The molecule has 36 heavy (non-hydrogen) atoms. The number of nitrogens with one attached hydrogen (secondary N) is 1. The van der Waals surface area contributed by atoms with Crippen LogP contribution in [-0.4, -0.2) is 87.4 Å². The van der Waals surface area contributed by atoms with Crippen molar-refractivity contribution in [1.82, 2.24) is 29.8 Å². The van der Waals surface area contributed by atoms with Gasteiger partial charge in [-0.05, 0) is 24.3 Å². The third-order valence-corrected chi connectivity index (χ3v) is 6.43. The van der Waals surface area contributed by atoms with Crippen LogP contribution in [0.2, 0.25) is 0 Å². The number of ether oxygens (including phenoxy) is 1. The highest BCUT2D eigenvalue weighted by Gasteiger charge is 2.34. The lowest BCUT2D eigenvalue weighted by Crippen LogP contribution is -2.55. The van der Waals surface area contributed by atoms with Gasteiger partial charge in [-0.15, -0.1) is 0 Å². The van der Waals surface area contributed by atoms with Crippen LogP contribution in [0.5, 0.6) is 0 Å². The first-order valence-electron chi connectivity index (χ1n) is 11.9. The number of fused-ring (bicyclic) bond motifs is 1. The van der Waals surface area contributed by atoms with Crippen molar-refractivity contribution in [2.75, 3.05) is 55.7 Å². The Bertz CT molecular complexity index is 1370. The summed E-state index contributed by atoms with van der Waals surface area (Å²) in [6.45, 7) is 3.76. The number of ketones is 1. The minimum Gasteiger partial charge on any atom is -0.461 e. The zero-order chi connectivity index (χ0) is 24.5. The molecule has 1 aromatic carbocycles. The maximum atomic E-state index is 13.3. The van der Waals surface area contributed by atoms with Crippen LogP contribution in [0, 0.1) is 0 Å². The normalized spacial score (nSPS) is 18.6. The van der Waals surface area contributed by atoms with Crippen molar-refractivity contribution in [2.45, 2.75) is 12.6 Å². The smallest absolute Gasteiger partial charge is 0.242 e. The van der Waals surface area contributed by atoms with Crippen LogP contribution < -0.4 is 15.1 Å². The number of anilines is 2. The minimum absolute atomic E-state index is 0.147. The van der Waals surface area contributed by atoms with Crippen molar-refractivity contribution in [2.24, 2.45) is 0 Å². The fourth-order valence-corrected chi connectivity index (χ4v) is 4.64. The van der Waals surface area contributed by atoms with Crippen LogP contribution in [-0.2, 0) is 11.3 Å². The van der Waals surface area contributed by atoms with E-state index in [4.69, 9.17) is 24.1 Å². The molecule has 2 saturated heterocycles. The van der Waals surface area contributed by atoms with Gasteiger partial charge in [0.2, 0.25) is 23.6 Å². The molecule has 4 aromatic rings. The number of imidazole rings is 1. The standard InChI is InChI=1S/C24H26N8O4/c33-15-20-26-16-4-1-2-5-17(16)32(20)24-28-22(30-9-12-35-13-10-30)27-23(29-24)31-8-7-25-14-18(31)21(34)19-6-3-11-36-19/h1-6,11,18,25,33H,7-10,12-15H2. The molecule has 0 bridgehead atoms. The van der Waals surface area contributed by atoms with Crippen molar-refractivity contribution < 1.29 is 19.1 Å². The average molecular weight is 491 g/mol. The number of carbonyl (C=O) groups excluding carboxylic acids is 1. The number of benzene rings is 1. The lowest BCUT2D eigenvalue weighted by molar-refractivity contribution is 0.0922. The summed E-state index contributed by atoms with van der Waals surface area (Å²) in [5.41, 5.74) is 1.50. The molecule has 2 aliphatic heterocycles. The van der Waals surface area contributed by atoms with E-state index in [0.29, 0.717) is 75.4 Å². The van der Waals surface area contributed by atoms with E-state index in [2.05, 4.69) is 10.3 Å². The second-order valence-corrected chi connectivity index (χ2v) is 8.60. The van der Waals surface area contributed by atoms with E-state index in [9.17, 15) is 9.90 Å². The largest absolute Gasteiger partial charge is 0.461 e. The average Bonchev–Trinajstić information content (AvgIpc) is 3.61. The van der Waals surface area contributed by atoms with Crippen molar-refractivity contribution >= 4 is 28.7 Å². The molecule has 12 nitrogen and oxygen atoms in total. The van der Waals surface area contributed by atoms with Gasteiger partial charge in [0.25, 0.3) is 0 Å². The van der Waals surface area contributed by atoms with Gasteiger partial charge >= 0.3 is 0 Å². The second-order valence-electron chi connectivity index (χ2n) is 8.60. The number of morpholine rings is 1. The number of nitrogens with zero attached hydrogens (tertiary/aromatic N) is 7. The van der Waals surface area contributed by atoms with Crippen molar-refractivity contribution in [3.63, 3.8) is 0 Å². The topological polar surface area (TPSA) is 135 Å². The molecule has 3 aromatic heterocycles. The summed E-state index contributed by atoms with van der Waals surface area (Å²) in [6.07, 6.45) is 1.49. The van der Waals surface area contributed by atoms with E-state index in [0.717, 1.165) is 11.0 Å². The van der Waals surface area contributed by atoms with Gasteiger partial charge in [-0.2, -0.15) is 15.0 Å². The first-order chi connectivity index (χ1) is 17.7. The maximum absolute atomic E-state index is 13.3. The van der Waals surface area contributed by atoms with E-state index in [1.165, 1.54) is 6.26 Å². The van der Waals surface area contributed by atoms with E-state index in [1.807, 2.05) is 34.1 Å². The maximum Gasteiger partial charge on any atom is 0.242 e. The highest BCUT2D eigenvalue weighted by Crippen LogP contribution is 2.25. The Kier molecular flexibility index (Phi) is 6.05. The molecule has 0 radical (unpaired) electrons. The number of aliphatic hydroxyl groups excluding tert-OH is 1. The Morgan fingerprint density at radius 3 is 2.61 bits per heavy atom. The zero-order valence-electron chi connectivity index (χ0n) is 19.6. The number of hydrogen-bond donors (Lipinski definition) is 2. The van der Waals surface area contributed by atoms with Gasteiger partial charge in [-0.25, -0.2) is 4.98 Å². The van der Waals surface area contributed by atoms with Crippen LogP contribution in [0.1, 0.15) is 16.4 Å². The van der Waals surface area contributed by atoms with Crippen LogP contribution in [0.4, 0.5) is 11.9 Å². The number of hydrogen-bond acceptors (Lipinski definition) is 11. The summed E-state index contributed by atoms with van der Waals surface area (Å²) in [5, 5.41) is 13.4. The molecule has 0 amide bonds. The number of aromatic nitrogens is 5. The molecular weight excluding hydrogens is 464 g/mol. The predicted molar refractivity (Wildman–Crippen MR) is 130 cm³/mol. The van der Waals surface area contributed by atoms with Crippen LogP contribution in [0.25, 0.3) is 17.0 Å². The van der Waals surface area contributed by atoms with Gasteiger partial charge in [-0.3, -0.25) is 9.36 Å². The molecule has 2 fully saturated rings. The first-order valence-corrected chi connectivity index (χ1v) is 11.9. The summed E-state index contributed by atoms with van der Waals surface area (Å²) in [5.74, 6) is 1.77. The summed E-state index contributed by atoms with van der Waals surface area (Å²) >= 11 is 0. The van der Waals surface area contributed by atoms with Crippen LogP contribution in [0.3, 0.4) is 0 Å². The summed E-state index contributed by atoms with van der Waals surface area (Å²) in [7, 11) is 0. The Balaban J connectivity index is 1.49. The molecule has 0 saturated carbocycles. The fourth-order valence-electron chi connectivity index (χ4n) is 4.64. The second kappa shape index (κ2) is 9.64. The Morgan fingerprint density at radius 2 is 1.81 bits per heavy atom. The molecule has 1 unspecified atom stereocenters. The Hall–Kier alpha value is -3.87. The zero-order valence-corrected chi connectivity index (χ0v) is 19.6. The van der Waals surface area contributed by atoms with Gasteiger partial charge in [0, 0.05) is 32.7 Å². The van der Waals surface area contributed by atoms with E-state index >= 15 is 0 Å². The Labute approximate surface area is 206 Å². The number of Topliss-reactive ketones (excluding diaryl/α,β-unsaturated/α-hetero) is 1. The van der Waals surface area contributed by atoms with Crippen LogP contribution >= 0.6 is 0 Å². The summed E-state index contributed by atoms with van der Waals surface area (Å²) < 4.78 is 12.7. The molecule has 5 heterocycles.